The van der Waals surface area contributed by atoms with Crippen molar-refractivity contribution in [3.8, 4) is 5.88 Å². The Hall–Kier alpha value is -2.66. The van der Waals surface area contributed by atoms with Crippen molar-refractivity contribution in [3.05, 3.63) is 64.4 Å². The highest BCUT2D eigenvalue weighted by Crippen LogP contribution is 2.21. The number of fused-ring (bicyclic) bond motifs is 1. The van der Waals surface area contributed by atoms with Gasteiger partial charge in [0.15, 0.2) is 0 Å². The van der Waals surface area contributed by atoms with Gasteiger partial charge in [-0.25, -0.2) is 4.98 Å². The third kappa shape index (κ3) is 4.29. The van der Waals surface area contributed by atoms with Crippen LogP contribution in [-0.4, -0.2) is 22.0 Å². The number of nitrogens with zero attached hydrogens (tertiary/aromatic N) is 2. The molecule has 0 aliphatic carbocycles. The molecule has 5 nitrogen and oxygen atoms in total. The number of hydrogen-bond donors (Lipinski definition) is 1. The van der Waals surface area contributed by atoms with Gasteiger partial charge in [0.1, 0.15) is 0 Å². The molecule has 3 aromatic rings. The number of carbonyl (C=O) groups is 1. The minimum Gasteiger partial charge on any atom is -0.475 e. The number of nitrogens with one attached hydrogen (secondary N) is 1. The highest BCUT2D eigenvalue weighted by molar-refractivity contribution is 6.31. The van der Waals surface area contributed by atoms with Crippen molar-refractivity contribution in [1.82, 2.24) is 15.3 Å². The monoisotopic (exact) mass is 369 g/mol. The first-order valence-corrected chi connectivity index (χ1v) is 8.77. The smallest absolute Gasteiger partial charge is 0.253 e. The number of benzene rings is 1. The third-order valence-electron chi connectivity index (χ3n) is 3.82. The van der Waals surface area contributed by atoms with Crippen molar-refractivity contribution >= 4 is 28.4 Å². The van der Waals surface area contributed by atoms with Gasteiger partial charge >= 0.3 is 0 Å². The van der Waals surface area contributed by atoms with Gasteiger partial charge in [-0.05, 0) is 50.6 Å². The van der Waals surface area contributed by atoms with Crippen LogP contribution in [0.15, 0.2) is 42.6 Å². The summed E-state index contributed by atoms with van der Waals surface area (Å²) < 4.78 is 5.51. The summed E-state index contributed by atoms with van der Waals surface area (Å²) in [6, 6.07) is 10.9. The first kappa shape index (κ1) is 18.1. The van der Waals surface area contributed by atoms with Gasteiger partial charge in [0.2, 0.25) is 5.88 Å². The van der Waals surface area contributed by atoms with Crippen LogP contribution in [-0.2, 0) is 6.54 Å². The van der Waals surface area contributed by atoms with E-state index in [9.17, 15) is 4.79 Å². The second kappa shape index (κ2) is 7.70. The maximum atomic E-state index is 12.6. The predicted molar refractivity (Wildman–Crippen MR) is 103 cm³/mol. The summed E-state index contributed by atoms with van der Waals surface area (Å²) in [5.74, 6) is 0.390. The number of amides is 1. The quantitative estimate of drug-likeness (QED) is 0.727. The topological polar surface area (TPSA) is 64.1 Å². The van der Waals surface area contributed by atoms with Crippen molar-refractivity contribution in [2.24, 2.45) is 0 Å². The summed E-state index contributed by atoms with van der Waals surface area (Å²) in [4.78, 5) is 21.3. The van der Waals surface area contributed by atoms with E-state index in [1.165, 1.54) is 0 Å². The highest BCUT2D eigenvalue weighted by Gasteiger charge is 2.12. The molecule has 0 spiro atoms. The fourth-order valence-corrected chi connectivity index (χ4v) is 2.76. The van der Waals surface area contributed by atoms with Crippen LogP contribution in [0.1, 0.15) is 35.5 Å². The summed E-state index contributed by atoms with van der Waals surface area (Å²) in [6.45, 7) is 6.09. The Kier molecular flexibility index (Phi) is 5.38. The molecule has 0 saturated heterocycles. The summed E-state index contributed by atoms with van der Waals surface area (Å²) >= 11 is 6.03. The largest absolute Gasteiger partial charge is 0.475 e. The van der Waals surface area contributed by atoms with E-state index in [-0.39, 0.29) is 12.0 Å². The molecule has 0 fully saturated rings. The van der Waals surface area contributed by atoms with E-state index in [2.05, 4.69) is 15.3 Å². The Bertz CT molecular complexity index is 940. The minimum absolute atomic E-state index is 0.0740. The van der Waals surface area contributed by atoms with Crippen LogP contribution >= 0.6 is 11.6 Å². The molecule has 0 aliphatic rings. The van der Waals surface area contributed by atoms with Crippen LogP contribution < -0.4 is 10.1 Å². The van der Waals surface area contributed by atoms with E-state index in [1.54, 1.807) is 24.4 Å². The Balaban J connectivity index is 1.71. The minimum atomic E-state index is -0.181. The lowest BCUT2D eigenvalue weighted by Crippen LogP contribution is -2.24. The van der Waals surface area contributed by atoms with Crippen LogP contribution in [0.2, 0.25) is 5.02 Å². The normalized spacial score (nSPS) is 11.0. The number of pyridine rings is 2. The molecule has 1 aromatic carbocycles. The average Bonchev–Trinajstić information content (AvgIpc) is 2.60. The number of ether oxygens (including phenoxy) is 1. The van der Waals surface area contributed by atoms with Crippen LogP contribution in [0, 0.1) is 6.92 Å². The van der Waals surface area contributed by atoms with Crippen LogP contribution in [0.4, 0.5) is 0 Å². The molecule has 0 unspecified atom stereocenters. The molecule has 2 aromatic heterocycles. The van der Waals surface area contributed by atoms with Gasteiger partial charge in [0.05, 0.1) is 22.9 Å². The SMILES string of the molecule is Cc1nc2ccc(Cl)cc2cc1C(=O)NCc1ccc(OC(C)C)nc1. The number of halogens is 1. The third-order valence-corrected chi connectivity index (χ3v) is 4.05. The molecule has 0 radical (unpaired) electrons. The maximum absolute atomic E-state index is 12.6. The first-order valence-electron chi connectivity index (χ1n) is 8.39. The molecule has 2 heterocycles. The fourth-order valence-electron chi connectivity index (χ4n) is 2.58. The molecule has 134 valence electrons. The second-order valence-electron chi connectivity index (χ2n) is 6.31. The number of aromatic nitrogens is 2. The molecular weight excluding hydrogens is 350 g/mol. The molecule has 0 saturated carbocycles. The predicted octanol–water partition coefficient (Wildman–Crippen LogP) is 4.31. The number of rotatable bonds is 5. The van der Waals surface area contributed by atoms with E-state index in [1.807, 2.05) is 39.0 Å². The summed E-state index contributed by atoms with van der Waals surface area (Å²) in [7, 11) is 0. The molecule has 26 heavy (non-hydrogen) atoms. The molecule has 1 N–H and O–H groups in total. The van der Waals surface area contributed by atoms with Crippen molar-refractivity contribution in [1.29, 1.82) is 0 Å². The number of carbonyl (C=O) groups excluding carboxylic acids is 1. The van der Waals surface area contributed by atoms with Crippen molar-refractivity contribution < 1.29 is 9.53 Å². The van der Waals surface area contributed by atoms with Gasteiger partial charge in [0, 0.05) is 29.2 Å². The van der Waals surface area contributed by atoms with E-state index in [0.717, 1.165) is 16.5 Å². The fraction of sp³-hybridized carbons (Fsp3) is 0.250. The maximum Gasteiger partial charge on any atom is 0.253 e. The Morgan fingerprint density at radius 2 is 2.04 bits per heavy atom. The van der Waals surface area contributed by atoms with E-state index >= 15 is 0 Å². The van der Waals surface area contributed by atoms with Gasteiger partial charge in [-0.3, -0.25) is 9.78 Å². The van der Waals surface area contributed by atoms with E-state index in [4.69, 9.17) is 16.3 Å². The Morgan fingerprint density at radius 3 is 2.73 bits per heavy atom. The zero-order valence-electron chi connectivity index (χ0n) is 14.9. The standard InChI is InChI=1S/C20H20ClN3O2/c1-12(2)26-19-7-4-14(10-22-19)11-23-20(25)17-9-15-8-16(21)5-6-18(15)24-13(17)3/h4-10,12H,11H2,1-3H3,(H,23,25). The summed E-state index contributed by atoms with van der Waals surface area (Å²) in [5.41, 5.74) is 2.92. The summed E-state index contributed by atoms with van der Waals surface area (Å²) in [5, 5.41) is 4.36. The van der Waals surface area contributed by atoms with E-state index in [0.29, 0.717) is 28.7 Å². The molecule has 0 aliphatic heterocycles. The lowest BCUT2D eigenvalue weighted by Gasteiger charge is -2.10. The molecule has 3 rings (SSSR count). The Labute approximate surface area is 157 Å². The van der Waals surface area contributed by atoms with Crippen LogP contribution in [0.25, 0.3) is 10.9 Å². The zero-order valence-corrected chi connectivity index (χ0v) is 15.7. The lowest BCUT2D eigenvalue weighted by atomic mass is 10.1. The van der Waals surface area contributed by atoms with Gasteiger partial charge in [-0.1, -0.05) is 17.7 Å². The first-order chi connectivity index (χ1) is 12.4. The van der Waals surface area contributed by atoms with Gasteiger partial charge in [-0.15, -0.1) is 0 Å². The summed E-state index contributed by atoms with van der Waals surface area (Å²) in [6.07, 6.45) is 1.77. The van der Waals surface area contributed by atoms with Crippen molar-refractivity contribution in [2.75, 3.05) is 0 Å². The van der Waals surface area contributed by atoms with Crippen LogP contribution in [0.3, 0.4) is 0 Å². The zero-order chi connectivity index (χ0) is 18.7. The van der Waals surface area contributed by atoms with Crippen molar-refractivity contribution in [2.45, 2.75) is 33.4 Å². The molecule has 6 heteroatoms. The average molecular weight is 370 g/mol. The number of hydrogen-bond acceptors (Lipinski definition) is 4. The lowest BCUT2D eigenvalue weighted by molar-refractivity contribution is 0.0950. The molecule has 0 bridgehead atoms. The molecule has 1 amide bonds. The van der Waals surface area contributed by atoms with Gasteiger partial charge in [-0.2, -0.15) is 0 Å². The number of aryl methyl sites for hydroxylation is 1. The van der Waals surface area contributed by atoms with Crippen molar-refractivity contribution in [3.63, 3.8) is 0 Å². The second-order valence-corrected chi connectivity index (χ2v) is 6.75. The molecule has 0 atom stereocenters. The Morgan fingerprint density at radius 1 is 1.23 bits per heavy atom. The van der Waals surface area contributed by atoms with Gasteiger partial charge in [0.25, 0.3) is 5.91 Å². The highest BCUT2D eigenvalue weighted by atomic mass is 35.5. The van der Waals surface area contributed by atoms with Crippen LogP contribution in [0.5, 0.6) is 5.88 Å². The molecular formula is C20H20ClN3O2. The van der Waals surface area contributed by atoms with Gasteiger partial charge < -0.3 is 10.1 Å². The van der Waals surface area contributed by atoms with E-state index < -0.39 is 0 Å².